The third-order valence-corrected chi connectivity index (χ3v) is 5.65. The van der Waals surface area contributed by atoms with Crippen LogP contribution in [0.5, 0.6) is 0 Å². The Morgan fingerprint density at radius 1 is 1.09 bits per heavy atom. The molecule has 70 valence electrons. The first-order valence-electron chi connectivity index (χ1n) is 4.52. The highest BCUT2D eigenvalue weighted by atomic mass is 32.3. The van der Waals surface area contributed by atoms with Crippen molar-refractivity contribution in [2.75, 3.05) is 24.0 Å². The maximum Gasteiger partial charge on any atom is -0.0181 e. The van der Waals surface area contributed by atoms with Gasteiger partial charge in [0.15, 0.2) is 0 Å². The number of rotatable bonds is 4. The lowest BCUT2D eigenvalue weighted by atomic mass is 9.93. The van der Waals surface area contributed by atoms with Crippen molar-refractivity contribution < 1.29 is 0 Å². The molecule has 0 aromatic heterocycles. The van der Waals surface area contributed by atoms with Gasteiger partial charge in [0.1, 0.15) is 0 Å². The zero-order valence-corrected chi connectivity index (χ0v) is 9.85. The molecule has 0 atom stereocenters. The van der Waals surface area contributed by atoms with Crippen molar-refractivity contribution >= 4 is 10.0 Å². The standard InChI is InChI=1S/C10H24S/c1-7-10(3,4)9-11(5,6)8-2/h7-9H2,1-6H3. The minimum absolute atomic E-state index is 0.289. The predicted octanol–water partition coefficient (Wildman–Crippen LogP) is 3.51. The zero-order chi connectivity index (χ0) is 9.12. The van der Waals surface area contributed by atoms with E-state index in [1.807, 2.05) is 0 Å². The van der Waals surface area contributed by atoms with Crippen LogP contribution in [0.1, 0.15) is 34.1 Å². The molecule has 0 aromatic carbocycles. The molecular formula is C10H24S. The van der Waals surface area contributed by atoms with Crippen LogP contribution in [-0.4, -0.2) is 24.0 Å². The van der Waals surface area contributed by atoms with Gasteiger partial charge in [-0.2, -0.15) is 0 Å². The Morgan fingerprint density at radius 3 is 1.82 bits per heavy atom. The first-order chi connectivity index (χ1) is 4.83. The van der Waals surface area contributed by atoms with Crippen LogP contribution in [0.3, 0.4) is 0 Å². The van der Waals surface area contributed by atoms with E-state index in [0.29, 0.717) is 5.41 Å². The molecule has 0 rings (SSSR count). The summed E-state index contributed by atoms with van der Waals surface area (Å²) in [5.74, 6) is 2.80. The van der Waals surface area contributed by atoms with E-state index in [4.69, 9.17) is 0 Å². The molecule has 11 heavy (non-hydrogen) atoms. The Balaban J connectivity index is 4.02. The zero-order valence-electron chi connectivity index (χ0n) is 9.03. The van der Waals surface area contributed by atoms with Crippen molar-refractivity contribution in [3.05, 3.63) is 0 Å². The first-order valence-corrected chi connectivity index (χ1v) is 7.30. The molecule has 0 unspecified atom stereocenters. The van der Waals surface area contributed by atoms with Gasteiger partial charge in [-0.1, -0.05) is 34.1 Å². The maximum atomic E-state index is 2.45. The highest BCUT2D eigenvalue weighted by Crippen LogP contribution is 2.45. The lowest BCUT2D eigenvalue weighted by Gasteiger charge is -2.38. The molecular weight excluding hydrogens is 152 g/mol. The summed E-state index contributed by atoms with van der Waals surface area (Å²) in [7, 11) is -0.289. The van der Waals surface area contributed by atoms with Gasteiger partial charge in [-0.15, -0.1) is 0 Å². The van der Waals surface area contributed by atoms with Gasteiger partial charge in [-0.25, -0.2) is 10.0 Å². The third kappa shape index (κ3) is 4.73. The SMILES string of the molecule is CCC(C)(C)CS(C)(C)CC. The lowest BCUT2D eigenvalue weighted by Crippen LogP contribution is -2.21. The minimum atomic E-state index is -0.289. The van der Waals surface area contributed by atoms with Gasteiger partial charge in [-0.05, 0) is 29.4 Å². The minimum Gasteiger partial charge on any atom is -0.246 e. The van der Waals surface area contributed by atoms with E-state index >= 15 is 0 Å². The Kier molecular flexibility index (Phi) is 3.96. The van der Waals surface area contributed by atoms with Crippen LogP contribution in [-0.2, 0) is 0 Å². The summed E-state index contributed by atoms with van der Waals surface area (Å²) in [4.78, 5) is 0. The fourth-order valence-electron chi connectivity index (χ4n) is 1.26. The molecule has 0 saturated heterocycles. The Hall–Kier alpha value is 0.350. The Labute approximate surface area is 74.1 Å². The van der Waals surface area contributed by atoms with E-state index in [0.717, 1.165) is 0 Å². The van der Waals surface area contributed by atoms with Gasteiger partial charge >= 0.3 is 0 Å². The van der Waals surface area contributed by atoms with Gasteiger partial charge in [0, 0.05) is 0 Å². The molecule has 0 aliphatic rings. The molecule has 0 nitrogen and oxygen atoms in total. The fraction of sp³-hybridized carbons (Fsp3) is 1.00. The molecule has 0 aromatic rings. The van der Waals surface area contributed by atoms with Gasteiger partial charge < -0.3 is 0 Å². The smallest absolute Gasteiger partial charge is 0.0181 e. The summed E-state index contributed by atoms with van der Waals surface area (Å²) in [5.41, 5.74) is 0.564. The van der Waals surface area contributed by atoms with Crippen LogP contribution in [0.4, 0.5) is 0 Å². The van der Waals surface area contributed by atoms with Crippen LogP contribution in [0, 0.1) is 5.41 Å². The van der Waals surface area contributed by atoms with Crippen LogP contribution < -0.4 is 0 Å². The monoisotopic (exact) mass is 176 g/mol. The van der Waals surface area contributed by atoms with Crippen LogP contribution in [0.25, 0.3) is 0 Å². The van der Waals surface area contributed by atoms with Crippen molar-refractivity contribution in [1.82, 2.24) is 0 Å². The predicted molar refractivity (Wildman–Crippen MR) is 58.9 cm³/mol. The van der Waals surface area contributed by atoms with Gasteiger partial charge in [0.05, 0.1) is 0 Å². The molecule has 0 N–H and O–H groups in total. The Morgan fingerprint density at radius 2 is 1.55 bits per heavy atom. The molecule has 1 heteroatoms. The van der Waals surface area contributed by atoms with Crippen LogP contribution in [0.15, 0.2) is 0 Å². The average molecular weight is 176 g/mol. The van der Waals surface area contributed by atoms with Crippen LogP contribution in [0.2, 0.25) is 0 Å². The second-order valence-corrected chi connectivity index (χ2v) is 9.12. The molecule has 0 aliphatic heterocycles. The van der Waals surface area contributed by atoms with E-state index in [-0.39, 0.29) is 10.0 Å². The summed E-state index contributed by atoms with van der Waals surface area (Å²) in [6.45, 7) is 9.39. The van der Waals surface area contributed by atoms with E-state index in [1.54, 1.807) is 0 Å². The highest BCUT2D eigenvalue weighted by Gasteiger charge is 2.22. The molecule has 0 fully saturated rings. The second-order valence-electron chi connectivity index (χ2n) is 4.72. The number of hydrogen-bond acceptors (Lipinski definition) is 0. The molecule has 0 heterocycles. The van der Waals surface area contributed by atoms with Crippen molar-refractivity contribution in [3.8, 4) is 0 Å². The van der Waals surface area contributed by atoms with Crippen molar-refractivity contribution in [2.45, 2.75) is 34.1 Å². The van der Waals surface area contributed by atoms with Crippen molar-refractivity contribution in [2.24, 2.45) is 5.41 Å². The van der Waals surface area contributed by atoms with E-state index < -0.39 is 0 Å². The van der Waals surface area contributed by atoms with Gasteiger partial charge in [0.25, 0.3) is 0 Å². The normalized spacial score (nSPS) is 15.1. The fourth-order valence-corrected chi connectivity index (χ4v) is 3.79. The van der Waals surface area contributed by atoms with Crippen LogP contribution >= 0.6 is 10.0 Å². The summed E-state index contributed by atoms with van der Waals surface area (Å²) >= 11 is 0. The largest absolute Gasteiger partial charge is 0.246 e. The molecule has 0 radical (unpaired) electrons. The van der Waals surface area contributed by atoms with E-state index in [1.165, 1.54) is 17.9 Å². The Bertz CT molecular complexity index is 100. The number of hydrogen-bond donors (Lipinski definition) is 0. The van der Waals surface area contributed by atoms with Crippen molar-refractivity contribution in [1.29, 1.82) is 0 Å². The molecule has 0 aliphatic carbocycles. The third-order valence-electron chi connectivity index (χ3n) is 2.52. The highest BCUT2D eigenvalue weighted by molar-refractivity contribution is 8.32. The second kappa shape index (κ2) is 3.84. The summed E-state index contributed by atoms with van der Waals surface area (Å²) < 4.78 is 0. The molecule has 0 saturated carbocycles. The average Bonchev–Trinajstić information content (AvgIpc) is 1.86. The molecule has 0 amide bonds. The molecule has 0 spiro atoms. The lowest BCUT2D eigenvalue weighted by molar-refractivity contribution is 0.406. The topological polar surface area (TPSA) is 0 Å². The summed E-state index contributed by atoms with van der Waals surface area (Å²) in [6.07, 6.45) is 6.21. The summed E-state index contributed by atoms with van der Waals surface area (Å²) in [5, 5.41) is 0. The maximum absolute atomic E-state index is 2.45. The van der Waals surface area contributed by atoms with Gasteiger partial charge in [-0.3, -0.25) is 0 Å². The van der Waals surface area contributed by atoms with Crippen molar-refractivity contribution in [3.63, 3.8) is 0 Å². The van der Waals surface area contributed by atoms with E-state index in [9.17, 15) is 0 Å². The first kappa shape index (κ1) is 11.4. The van der Waals surface area contributed by atoms with E-state index in [2.05, 4.69) is 40.2 Å². The molecule has 0 bridgehead atoms. The summed E-state index contributed by atoms with van der Waals surface area (Å²) in [6, 6.07) is 0. The quantitative estimate of drug-likeness (QED) is 0.615. The van der Waals surface area contributed by atoms with Gasteiger partial charge in [0.2, 0.25) is 0 Å².